The third-order valence-corrected chi connectivity index (χ3v) is 5.03. The summed E-state index contributed by atoms with van der Waals surface area (Å²) in [7, 11) is -1.50. The SMILES string of the molecule is CCCCCCCCCCCCCCS(=O)(=O)NC. The van der Waals surface area contributed by atoms with E-state index in [1.165, 1.54) is 71.3 Å². The Morgan fingerprint density at radius 2 is 1.05 bits per heavy atom. The molecule has 0 radical (unpaired) electrons. The van der Waals surface area contributed by atoms with Crippen molar-refractivity contribution in [2.45, 2.75) is 84.0 Å². The number of hydrogen-bond donors (Lipinski definition) is 1. The molecular formula is C15H33NO2S. The Hall–Kier alpha value is -0.0900. The first kappa shape index (κ1) is 18.9. The van der Waals surface area contributed by atoms with Crippen LogP contribution in [0.4, 0.5) is 0 Å². The first-order valence-corrected chi connectivity index (χ1v) is 9.69. The van der Waals surface area contributed by atoms with Crippen molar-refractivity contribution in [1.29, 1.82) is 0 Å². The third kappa shape index (κ3) is 14.1. The van der Waals surface area contributed by atoms with Crippen LogP contribution in [0.5, 0.6) is 0 Å². The lowest BCUT2D eigenvalue weighted by Gasteiger charge is -2.03. The summed E-state index contributed by atoms with van der Waals surface area (Å²) in [5.41, 5.74) is 0. The van der Waals surface area contributed by atoms with Crippen LogP contribution in [0.2, 0.25) is 0 Å². The first-order valence-electron chi connectivity index (χ1n) is 8.03. The maximum absolute atomic E-state index is 11.2. The summed E-state index contributed by atoms with van der Waals surface area (Å²) in [5.74, 6) is 0.279. The molecule has 0 saturated carbocycles. The summed E-state index contributed by atoms with van der Waals surface area (Å²) >= 11 is 0. The molecule has 0 aromatic rings. The molecule has 0 aliphatic rings. The highest BCUT2D eigenvalue weighted by Gasteiger charge is 2.05. The Bertz CT molecular complexity index is 276. The number of rotatable bonds is 14. The lowest BCUT2D eigenvalue weighted by Crippen LogP contribution is -2.21. The van der Waals surface area contributed by atoms with Gasteiger partial charge in [0.2, 0.25) is 10.0 Å². The lowest BCUT2D eigenvalue weighted by atomic mass is 10.1. The average Bonchev–Trinajstić information content (AvgIpc) is 2.40. The molecule has 0 heterocycles. The number of sulfonamides is 1. The van der Waals surface area contributed by atoms with Gasteiger partial charge in [-0.05, 0) is 13.5 Å². The van der Waals surface area contributed by atoms with Crippen LogP contribution in [-0.4, -0.2) is 21.2 Å². The summed E-state index contributed by atoms with van der Waals surface area (Å²) in [5, 5.41) is 0. The predicted molar refractivity (Wildman–Crippen MR) is 83.9 cm³/mol. The normalized spacial score (nSPS) is 11.9. The van der Waals surface area contributed by atoms with E-state index in [9.17, 15) is 8.42 Å². The number of nitrogens with one attached hydrogen (secondary N) is 1. The zero-order chi connectivity index (χ0) is 14.4. The van der Waals surface area contributed by atoms with E-state index in [2.05, 4.69) is 11.6 Å². The highest BCUT2D eigenvalue weighted by molar-refractivity contribution is 7.89. The largest absolute Gasteiger partial charge is 0.218 e. The molecule has 0 unspecified atom stereocenters. The van der Waals surface area contributed by atoms with Crippen LogP contribution >= 0.6 is 0 Å². The van der Waals surface area contributed by atoms with Gasteiger partial charge in [-0.2, -0.15) is 0 Å². The van der Waals surface area contributed by atoms with E-state index in [4.69, 9.17) is 0 Å². The topological polar surface area (TPSA) is 46.2 Å². The first-order chi connectivity index (χ1) is 9.12. The van der Waals surface area contributed by atoms with E-state index in [0.717, 1.165) is 12.8 Å². The molecule has 116 valence electrons. The van der Waals surface area contributed by atoms with E-state index in [-0.39, 0.29) is 5.75 Å². The van der Waals surface area contributed by atoms with Gasteiger partial charge in [-0.25, -0.2) is 13.1 Å². The zero-order valence-electron chi connectivity index (χ0n) is 12.9. The van der Waals surface area contributed by atoms with Crippen molar-refractivity contribution in [3.05, 3.63) is 0 Å². The summed E-state index contributed by atoms with van der Waals surface area (Å²) < 4.78 is 24.7. The molecule has 4 heteroatoms. The Morgan fingerprint density at radius 3 is 1.42 bits per heavy atom. The highest BCUT2D eigenvalue weighted by atomic mass is 32.2. The fraction of sp³-hybridized carbons (Fsp3) is 1.00. The summed E-state index contributed by atoms with van der Waals surface area (Å²) in [4.78, 5) is 0. The van der Waals surface area contributed by atoms with Crippen LogP contribution in [0.1, 0.15) is 84.0 Å². The molecule has 19 heavy (non-hydrogen) atoms. The summed E-state index contributed by atoms with van der Waals surface area (Å²) in [6.45, 7) is 2.25. The van der Waals surface area contributed by atoms with Gasteiger partial charge < -0.3 is 0 Å². The Morgan fingerprint density at radius 1 is 0.684 bits per heavy atom. The minimum Gasteiger partial charge on any atom is -0.218 e. The van der Waals surface area contributed by atoms with Gasteiger partial charge in [0.1, 0.15) is 0 Å². The second-order valence-electron chi connectivity index (χ2n) is 5.41. The highest BCUT2D eigenvalue weighted by Crippen LogP contribution is 2.12. The van der Waals surface area contributed by atoms with Gasteiger partial charge in [0, 0.05) is 0 Å². The van der Waals surface area contributed by atoms with Gasteiger partial charge in [0.15, 0.2) is 0 Å². The van der Waals surface area contributed by atoms with Crippen molar-refractivity contribution >= 4 is 10.0 Å². The van der Waals surface area contributed by atoms with E-state index in [0.29, 0.717) is 0 Å². The second-order valence-corrected chi connectivity index (χ2v) is 7.46. The monoisotopic (exact) mass is 291 g/mol. The molecule has 0 bridgehead atoms. The quantitative estimate of drug-likeness (QED) is 0.487. The van der Waals surface area contributed by atoms with Crippen LogP contribution in [0.3, 0.4) is 0 Å². The average molecular weight is 292 g/mol. The van der Waals surface area contributed by atoms with Crippen molar-refractivity contribution in [2.24, 2.45) is 0 Å². The Balaban J connectivity index is 3.11. The molecule has 0 aromatic heterocycles. The van der Waals surface area contributed by atoms with Crippen LogP contribution in [-0.2, 0) is 10.0 Å². The molecule has 0 aromatic carbocycles. The van der Waals surface area contributed by atoms with Gasteiger partial charge in [0.05, 0.1) is 5.75 Å². The van der Waals surface area contributed by atoms with Crippen molar-refractivity contribution in [3.63, 3.8) is 0 Å². The molecule has 0 aliphatic heterocycles. The number of hydrogen-bond acceptors (Lipinski definition) is 2. The molecule has 0 fully saturated rings. The van der Waals surface area contributed by atoms with Gasteiger partial charge in [-0.3, -0.25) is 0 Å². The standard InChI is InChI=1S/C15H33NO2S/c1-3-4-5-6-7-8-9-10-11-12-13-14-15-19(17,18)16-2/h16H,3-15H2,1-2H3. The molecule has 0 atom stereocenters. The maximum Gasteiger partial charge on any atom is 0.211 e. The van der Waals surface area contributed by atoms with Crippen molar-refractivity contribution < 1.29 is 8.42 Å². The molecule has 0 aliphatic carbocycles. The minimum atomic E-state index is -2.98. The van der Waals surface area contributed by atoms with Gasteiger partial charge >= 0.3 is 0 Å². The Labute approximate surface area is 120 Å². The van der Waals surface area contributed by atoms with Crippen LogP contribution < -0.4 is 4.72 Å². The smallest absolute Gasteiger partial charge is 0.211 e. The zero-order valence-corrected chi connectivity index (χ0v) is 13.7. The minimum absolute atomic E-state index is 0.279. The van der Waals surface area contributed by atoms with Crippen LogP contribution in [0, 0.1) is 0 Å². The van der Waals surface area contributed by atoms with Gasteiger partial charge in [-0.1, -0.05) is 77.6 Å². The fourth-order valence-electron chi connectivity index (χ4n) is 2.24. The molecule has 0 spiro atoms. The summed E-state index contributed by atoms with van der Waals surface area (Å²) in [6.07, 6.45) is 15.2. The van der Waals surface area contributed by atoms with Gasteiger partial charge in [0.25, 0.3) is 0 Å². The molecule has 0 rings (SSSR count). The van der Waals surface area contributed by atoms with Gasteiger partial charge in [-0.15, -0.1) is 0 Å². The molecule has 3 nitrogen and oxygen atoms in total. The molecule has 0 amide bonds. The second kappa shape index (κ2) is 12.9. The van der Waals surface area contributed by atoms with Crippen molar-refractivity contribution in [2.75, 3.05) is 12.8 Å². The fourth-order valence-corrected chi connectivity index (χ4v) is 3.02. The third-order valence-electron chi connectivity index (χ3n) is 3.58. The lowest BCUT2D eigenvalue weighted by molar-refractivity contribution is 0.545. The van der Waals surface area contributed by atoms with E-state index >= 15 is 0 Å². The molecule has 1 N–H and O–H groups in total. The Kier molecular flexibility index (Phi) is 12.9. The maximum atomic E-state index is 11.2. The van der Waals surface area contributed by atoms with Crippen molar-refractivity contribution in [3.8, 4) is 0 Å². The van der Waals surface area contributed by atoms with Crippen LogP contribution in [0.15, 0.2) is 0 Å². The summed E-state index contributed by atoms with van der Waals surface area (Å²) in [6, 6.07) is 0. The van der Waals surface area contributed by atoms with E-state index < -0.39 is 10.0 Å². The molecular weight excluding hydrogens is 258 g/mol. The predicted octanol–water partition coefficient (Wildman–Crippen LogP) is 4.24. The molecule has 0 saturated heterocycles. The van der Waals surface area contributed by atoms with E-state index in [1.54, 1.807) is 0 Å². The van der Waals surface area contributed by atoms with E-state index in [1.807, 2.05) is 0 Å². The number of unbranched alkanes of at least 4 members (excludes halogenated alkanes) is 11. The van der Waals surface area contributed by atoms with Crippen molar-refractivity contribution in [1.82, 2.24) is 4.72 Å². The van der Waals surface area contributed by atoms with Crippen LogP contribution in [0.25, 0.3) is 0 Å².